The van der Waals surface area contributed by atoms with Crippen molar-refractivity contribution < 1.29 is 0 Å². The van der Waals surface area contributed by atoms with Gasteiger partial charge in [0.25, 0.3) is 0 Å². The summed E-state index contributed by atoms with van der Waals surface area (Å²) >= 11 is 0. The first-order chi connectivity index (χ1) is 9.70. The fourth-order valence-corrected chi connectivity index (χ4v) is 3.23. The molecule has 0 spiro atoms. The second-order valence-electron chi connectivity index (χ2n) is 6.86. The van der Waals surface area contributed by atoms with Crippen LogP contribution in [-0.4, -0.2) is 30.6 Å². The molecule has 1 saturated heterocycles. The van der Waals surface area contributed by atoms with Crippen LogP contribution in [0, 0.1) is 19.8 Å². The summed E-state index contributed by atoms with van der Waals surface area (Å²) in [5, 5.41) is 3.78. The summed E-state index contributed by atoms with van der Waals surface area (Å²) in [4.78, 5) is 2.63. The maximum atomic E-state index is 3.78. The van der Waals surface area contributed by atoms with E-state index in [0.29, 0.717) is 0 Å². The Labute approximate surface area is 123 Å². The Morgan fingerprint density at radius 2 is 2.05 bits per heavy atom. The van der Waals surface area contributed by atoms with Crippen molar-refractivity contribution in [3.05, 3.63) is 34.9 Å². The van der Waals surface area contributed by atoms with Crippen LogP contribution >= 0.6 is 0 Å². The highest BCUT2D eigenvalue weighted by atomic mass is 15.2. The first kappa shape index (κ1) is 14.1. The van der Waals surface area contributed by atoms with Crippen molar-refractivity contribution in [3.63, 3.8) is 0 Å². The van der Waals surface area contributed by atoms with E-state index in [4.69, 9.17) is 0 Å². The average Bonchev–Trinajstić information content (AvgIpc) is 3.25. The molecule has 0 amide bonds. The molecule has 1 heterocycles. The molecule has 0 bridgehead atoms. The summed E-state index contributed by atoms with van der Waals surface area (Å²) in [6.45, 7) is 9.28. The normalized spacial score (nSPS) is 24.0. The number of likely N-dealkylation sites (tertiary alicyclic amines) is 1. The van der Waals surface area contributed by atoms with Crippen LogP contribution in [0.2, 0.25) is 0 Å². The van der Waals surface area contributed by atoms with Gasteiger partial charge in [-0.2, -0.15) is 0 Å². The summed E-state index contributed by atoms with van der Waals surface area (Å²) < 4.78 is 0. The van der Waals surface area contributed by atoms with Crippen molar-refractivity contribution in [2.75, 3.05) is 19.6 Å². The highest BCUT2D eigenvalue weighted by Gasteiger charge is 2.24. The van der Waals surface area contributed by atoms with Crippen molar-refractivity contribution in [1.82, 2.24) is 10.2 Å². The van der Waals surface area contributed by atoms with E-state index in [1.54, 1.807) is 0 Å². The van der Waals surface area contributed by atoms with Crippen LogP contribution < -0.4 is 5.32 Å². The topological polar surface area (TPSA) is 15.3 Å². The van der Waals surface area contributed by atoms with Crippen molar-refractivity contribution in [1.29, 1.82) is 0 Å². The van der Waals surface area contributed by atoms with Gasteiger partial charge in [-0.3, -0.25) is 4.90 Å². The lowest BCUT2D eigenvalue weighted by atomic mass is 10.0. The summed E-state index contributed by atoms with van der Waals surface area (Å²) in [6, 6.07) is 7.55. The third kappa shape index (κ3) is 3.83. The summed E-state index contributed by atoms with van der Waals surface area (Å²) in [5.74, 6) is 0.990. The molecule has 1 aliphatic carbocycles. The molecule has 2 heteroatoms. The molecule has 1 N–H and O–H groups in total. The van der Waals surface area contributed by atoms with Crippen molar-refractivity contribution in [2.24, 2.45) is 5.92 Å². The van der Waals surface area contributed by atoms with E-state index in [-0.39, 0.29) is 0 Å². The highest BCUT2D eigenvalue weighted by Crippen LogP contribution is 2.28. The third-order valence-electron chi connectivity index (χ3n) is 4.80. The Morgan fingerprint density at radius 3 is 2.85 bits per heavy atom. The van der Waals surface area contributed by atoms with Gasteiger partial charge >= 0.3 is 0 Å². The fourth-order valence-electron chi connectivity index (χ4n) is 3.23. The predicted octanol–water partition coefficient (Wildman–Crippen LogP) is 3.27. The minimum absolute atomic E-state index is 0.717. The second-order valence-corrected chi connectivity index (χ2v) is 6.86. The number of aryl methyl sites for hydroxylation is 2. The zero-order valence-electron chi connectivity index (χ0n) is 13.0. The molecule has 2 nitrogen and oxygen atoms in total. The van der Waals surface area contributed by atoms with E-state index >= 15 is 0 Å². The van der Waals surface area contributed by atoms with Gasteiger partial charge in [0.05, 0.1) is 0 Å². The first-order valence-electron chi connectivity index (χ1n) is 8.22. The van der Waals surface area contributed by atoms with E-state index in [1.165, 1.54) is 62.0 Å². The molecule has 2 aliphatic rings. The number of piperidine rings is 1. The van der Waals surface area contributed by atoms with Crippen LogP contribution in [0.5, 0.6) is 0 Å². The van der Waals surface area contributed by atoms with Gasteiger partial charge in [-0.25, -0.2) is 0 Å². The number of hydrogen-bond acceptors (Lipinski definition) is 2. The van der Waals surface area contributed by atoms with Gasteiger partial charge in [0, 0.05) is 19.1 Å². The SMILES string of the molecule is Cc1ccc(C)c(CN2CCCC(NCC3CC3)C2)c1. The monoisotopic (exact) mass is 272 g/mol. The summed E-state index contributed by atoms with van der Waals surface area (Å²) in [7, 11) is 0. The second kappa shape index (κ2) is 6.28. The highest BCUT2D eigenvalue weighted by molar-refractivity contribution is 5.30. The molecule has 110 valence electrons. The van der Waals surface area contributed by atoms with E-state index in [0.717, 1.165) is 18.5 Å². The molecule has 1 aromatic carbocycles. The third-order valence-corrected chi connectivity index (χ3v) is 4.80. The van der Waals surface area contributed by atoms with Crippen LogP contribution in [0.15, 0.2) is 18.2 Å². The van der Waals surface area contributed by atoms with Gasteiger partial charge in [-0.05, 0) is 69.7 Å². The number of rotatable bonds is 5. The molecule has 1 aromatic rings. The standard InChI is InChI=1S/C18H28N2/c1-14-5-6-15(2)17(10-14)12-20-9-3-4-18(13-20)19-11-16-7-8-16/h5-6,10,16,18-19H,3-4,7-9,11-13H2,1-2H3. The number of benzene rings is 1. The van der Waals surface area contributed by atoms with Crippen LogP contribution in [-0.2, 0) is 6.54 Å². The number of nitrogens with one attached hydrogen (secondary N) is 1. The first-order valence-corrected chi connectivity index (χ1v) is 8.22. The molecule has 3 rings (SSSR count). The Bertz CT molecular complexity index is 451. The molecule has 20 heavy (non-hydrogen) atoms. The van der Waals surface area contributed by atoms with Crippen LogP contribution in [0.3, 0.4) is 0 Å². The smallest absolute Gasteiger partial charge is 0.0237 e. The molecular weight excluding hydrogens is 244 g/mol. The molecule has 1 saturated carbocycles. The Balaban J connectivity index is 1.54. The van der Waals surface area contributed by atoms with Crippen molar-refractivity contribution >= 4 is 0 Å². The lowest BCUT2D eigenvalue weighted by Crippen LogP contribution is -2.45. The predicted molar refractivity (Wildman–Crippen MR) is 84.9 cm³/mol. The lowest BCUT2D eigenvalue weighted by molar-refractivity contribution is 0.182. The quantitative estimate of drug-likeness (QED) is 0.885. The van der Waals surface area contributed by atoms with E-state index in [1.807, 2.05) is 0 Å². The van der Waals surface area contributed by atoms with Gasteiger partial charge in [0.1, 0.15) is 0 Å². The molecule has 2 fully saturated rings. The Kier molecular flexibility index (Phi) is 4.42. The zero-order chi connectivity index (χ0) is 13.9. The maximum absolute atomic E-state index is 3.78. The van der Waals surface area contributed by atoms with E-state index in [2.05, 4.69) is 42.3 Å². The fraction of sp³-hybridized carbons (Fsp3) is 0.667. The Morgan fingerprint density at radius 1 is 1.20 bits per heavy atom. The molecule has 1 unspecified atom stereocenters. The maximum Gasteiger partial charge on any atom is 0.0237 e. The van der Waals surface area contributed by atoms with Crippen molar-refractivity contribution in [2.45, 2.75) is 52.1 Å². The van der Waals surface area contributed by atoms with Gasteiger partial charge in [-0.15, -0.1) is 0 Å². The molecule has 0 radical (unpaired) electrons. The largest absolute Gasteiger partial charge is 0.312 e. The van der Waals surface area contributed by atoms with Crippen LogP contribution in [0.25, 0.3) is 0 Å². The van der Waals surface area contributed by atoms with Crippen molar-refractivity contribution in [3.8, 4) is 0 Å². The number of hydrogen-bond donors (Lipinski definition) is 1. The van der Waals surface area contributed by atoms with Gasteiger partial charge in [0.2, 0.25) is 0 Å². The summed E-state index contributed by atoms with van der Waals surface area (Å²) in [5.41, 5.74) is 4.32. The van der Waals surface area contributed by atoms with Crippen LogP contribution in [0.1, 0.15) is 42.4 Å². The molecular formula is C18H28N2. The molecule has 1 atom stereocenters. The van der Waals surface area contributed by atoms with E-state index < -0.39 is 0 Å². The average molecular weight is 272 g/mol. The van der Waals surface area contributed by atoms with Gasteiger partial charge in [-0.1, -0.05) is 23.8 Å². The van der Waals surface area contributed by atoms with Gasteiger partial charge < -0.3 is 5.32 Å². The zero-order valence-corrected chi connectivity index (χ0v) is 13.0. The molecule has 1 aliphatic heterocycles. The summed E-state index contributed by atoms with van der Waals surface area (Å²) in [6.07, 6.45) is 5.60. The minimum atomic E-state index is 0.717. The Hall–Kier alpha value is -0.860. The minimum Gasteiger partial charge on any atom is -0.312 e. The van der Waals surface area contributed by atoms with Gasteiger partial charge in [0.15, 0.2) is 0 Å². The number of nitrogens with zero attached hydrogens (tertiary/aromatic N) is 1. The van der Waals surface area contributed by atoms with Crippen LogP contribution in [0.4, 0.5) is 0 Å². The van der Waals surface area contributed by atoms with E-state index in [9.17, 15) is 0 Å². The molecule has 0 aromatic heterocycles. The lowest BCUT2D eigenvalue weighted by Gasteiger charge is -2.33.